The summed E-state index contributed by atoms with van der Waals surface area (Å²) in [5.74, 6) is -2.19. The molecule has 0 bridgehead atoms. The van der Waals surface area contributed by atoms with E-state index in [9.17, 15) is 19.5 Å². The van der Waals surface area contributed by atoms with E-state index in [0.29, 0.717) is 5.69 Å². The molecule has 2 aromatic carbocycles. The number of carbonyl (C=O) groups is 3. The number of aliphatic carboxylic acids is 1. The zero-order valence-corrected chi connectivity index (χ0v) is 15.8. The average Bonchev–Trinajstić information content (AvgIpc) is 2.63. The molecule has 0 aliphatic heterocycles. The number of hydrogen-bond acceptors (Lipinski definition) is 3. The minimum Gasteiger partial charge on any atom is -0.480 e. The van der Waals surface area contributed by atoms with Gasteiger partial charge in [0.05, 0.1) is 10.6 Å². The fourth-order valence-corrected chi connectivity index (χ4v) is 2.55. The summed E-state index contributed by atoms with van der Waals surface area (Å²) >= 11 is 6.09. The third kappa shape index (κ3) is 5.82. The van der Waals surface area contributed by atoms with E-state index in [1.165, 1.54) is 12.1 Å². The summed E-state index contributed by atoms with van der Waals surface area (Å²) in [5, 5.41) is 14.8. The molecule has 7 heteroatoms. The summed E-state index contributed by atoms with van der Waals surface area (Å²) in [6.07, 6.45) is 0.142. The van der Waals surface area contributed by atoms with Crippen molar-refractivity contribution in [3.05, 3.63) is 64.7 Å². The van der Waals surface area contributed by atoms with Crippen LogP contribution in [0, 0.1) is 5.92 Å². The second-order valence-electron chi connectivity index (χ2n) is 6.39. The van der Waals surface area contributed by atoms with Gasteiger partial charge in [0, 0.05) is 18.0 Å². The van der Waals surface area contributed by atoms with Crippen molar-refractivity contribution in [2.45, 2.75) is 26.3 Å². The Morgan fingerprint density at radius 3 is 2.33 bits per heavy atom. The predicted octanol–water partition coefficient (Wildman–Crippen LogP) is 3.36. The average molecular weight is 389 g/mol. The Hall–Kier alpha value is -2.86. The molecule has 2 amide bonds. The third-order valence-corrected chi connectivity index (χ3v) is 4.22. The molecule has 0 saturated carbocycles. The molecule has 3 N–H and O–H groups in total. The fraction of sp³-hybridized carbons (Fsp3) is 0.250. The van der Waals surface area contributed by atoms with Gasteiger partial charge in [0.25, 0.3) is 5.91 Å². The third-order valence-electron chi connectivity index (χ3n) is 3.89. The summed E-state index contributed by atoms with van der Waals surface area (Å²) in [7, 11) is 0. The number of halogens is 1. The van der Waals surface area contributed by atoms with Crippen molar-refractivity contribution >= 4 is 35.1 Å². The van der Waals surface area contributed by atoms with Crippen molar-refractivity contribution in [3.63, 3.8) is 0 Å². The first-order valence-corrected chi connectivity index (χ1v) is 8.83. The number of carbonyl (C=O) groups excluding carboxylic acids is 2. The minimum atomic E-state index is -1.15. The second-order valence-corrected chi connectivity index (χ2v) is 6.80. The lowest BCUT2D eigenvalue weighted by molar-refractivity contribution is -0.139. The minimum absolute atomic E-state index is 0.0949. The van der Waals surface area contributed by atoms with Crippen molar-refractivity contribution in [3.8, 4) is 0 Å². The van der Waals surface area contributed by atoms with Gasteiger partial charge in [-0.25, -0.2) is 4.79 Å². The van der Waals surface area contributed by atoms with Crippen LogP contribution in [0.25, 0.3) is 0 Å². The maximum atomic E-state index is 12.6. The molecule has 0 radical (unpaired) electrons. The number of amides is 2. The van der Waals surface area contributed by atoms with Gasteiger partial charge in [-0.1, -0.05) is 55.8 Å². The molecule has 2 rings (SSSR count). The first-order valence-electron chi connectivity index (χ1n) is 8.46. The van der Waals surface area contributed by atoms with Crippen LogP contribution in [0.15, 0.2) is 48.5 Å². The molecule has 0 saturated heterocycles. The van der Waals surface area contributed by atoms with E-state index in [2.05, 4.69) is 10.6 Å². The van der Waals surface area contributed by atoms with Crippen LogP contribution in [0.3, 0.4) is 0 Å². The Labute approximate surface area is 162 Å². The standard InChI is InChI=1S/C20H21ClN2O4/c1-12(2)18(24)22-14-8-9-16(21)15(11-14)19(25)23-17(20(26)27)10-13-6-4-3-5-7-13/h3-9,11-12,17H,10H2,1-2H3,(H,22,24)(H,23,25)(H,26,27). The maximum Gasteiger partial charge on any atom is 0.326 e. The van der Waals surface area contributed by atoms with Crippen molar-refractivity contribution < 1.29 is 19.5 Å². The van der Waals surface area contributed by atoms with Crippen LogP contribution < -0.4 is 10.6 Å². The molecule has 0 heterocycles. The van der Waals surface area contributed by atoms with E-state index in [-0.39, 0.29) is 28.8 Å². The lowest BCUT2D eigenvalue weighted by atomic mass is 10.1. The van der Waals surface area contributed by atoms with E-state index < -0.39 is 17.9 Å². The van der Waals surface area contributed by atoms with Gasteiger partial charge in [0.15, 0.2) is 0 Å². The number of hydrogen-bond donors (Lipinski definition) is 3. The zero-order valence-electron chi connectivity index (χ0n) is 15.0. The molecule has 0 aliphatic carbocycles. The van der Waals surface area contributed by atoms with Gasteiger partial charge in [-0.15, -0.1) is 0 Å². The van der Waals surface area contributed by atoms with E-state index in [0.717, 1.165) is 5.56 Å². The van der Waals surface area contributed by atoms with Crippen molar-refractivity contribution in [1.82, 2.24) is 5.32 Å². The van der Waals surface area contributed by atoms with E-state index in [1.54, 1.807) is 44.2 Å². The smallest absolute Gasteiger partial charge is 0.326 e. The summed E-state index contributed by atoms with van der Waals surface area (Å²) < 4.78 is 0. The van der Waals surface area contributed by atoms with Crippen LogP contribution in [-0.2, 0) is 16.0 Å². The van der Waals surface area contributed by atoms with Crippen molar-refractivity contribution in [2.75, 3.05) is 5.32 Å². The summed E-state index contributed by atoms with van der Waals surface area (Å²) in [6, 6.07) is 12.4. The number of nitrogens with one attached hydrogen (secondary N) is 2. The highest BCUT2D eigenvalue weighted by Gasteiger charge is 2.22. The van der Waals surface area contributed by atoms with Crippen LogP contribution in [-0.4, -0.2) is 28.9 Å². The van der Waals surface area contributed by atoms with E-state index in [1.807, 2.05) is 6.07 Å². The summed E-state index contributed by atoms with van der Waals surface area (Å²) in [4.78, 5) is 35.9. The molecule has 0 aliphatic rings. The SMILES string of the molecule is CC(C)C(=O)Nc1ccc(Cl)c(C(=O)NC(Cc2ccccc2)C(=O)O)c1. The largest absolute Gasteiger partial charge is 0.480 e. The van der Waals surface area contributed by atoms with Gasteiger partial charge in [-0.2, -0.15) is 0 Å². The van der Waals surface area contributed by atoms with Crippen LogP contribution in [0.1, 0.15) is 29.8 Å². The molecular formula is C20H21ClN2O4. The first kappa shape index (κ1) is 20.5. The molecule has 0 spiro atoms. The van der Waals surface area contributed by atoms with Crippen LogP contribution >= 0.6 is 11.6 Å². The summed E-state index contributed by atoms with van der Waals surface area (Å²) in [5.41, 5.74) is 1.30. The molecule has 0 aromatic heterocycles. The van der Waals surface area contributed by atoms with Gasteiger partial charge >= 0.3 is 5.97 Å². The van der Waals surface area contributed by atoms with Gasteiger partial charge < -0.3 is 15.7 Å². The molecule has 27 heavy (non-hydrogen) atoms. The van der Waals surface area contributed by atoms with Crippen LogP contribution in [0.4, 0.5) is 5.69 Å². The second kappa shape index (κ2) is 9.19. The maximum absolute atomic E-state index is 12.6. The van der Waals surface area contributed by atoms with Gasteiger partial charge in [-0.05, 0) is 23.8 Å². The Kier molecular flexibility index (Phi) is 6.96. The predicted molar refractivity (Wildman–Crippen MR) is 104 cm³/mol. The van der Waals surface area contributed by atoms with Crippen molar-refractivity contribution in [2.24, 2.45) is 5.92 Å². The lowest BCUT2D eigenvalue weighted by Gasteiger charge is -2.16. The Bertz CT molecular complexity index is 837. The van der Waals surface area contributed by atoms with Crippen LogP contribution in [0.5, 0.6) is 0 Å². The quantitative estimate of drug-likeness (QED) is 0.677. The van der Waals surface area contributed by atoms with Gasteiger partial charge in [-0.3, -0.25) is 9.59 Å². The van der Waals surface area contributed by atoms with E-state index >= 15 is 0 Å². The molecule has 142 valence electrons. The highest BCUT2D eigenvalue weighted by Crippen LogP contribution is 2.21. The highest BCUT2D eigenvalue weighted by molar-refractivity contribution is 6.34. The Morgan fingerprint density at radius 2 is 1.74 bits per heavy atom. The molecular weight excluding hydrogens is 368 g/mol. The topological polar surface area (TPSA) is 95.5 Å². The first-order chi connectivity index (χ1) is 12.8. The number of carboxylic acids is 1. The normalized spacial score (nSPS) is 11.7. The molecule has 1 atom stereocenters. The monoisotopic (exact) mass is 388 g/mol. The molecule has 6 nitrogen and oxygen atoms in total. The van der Waals surface area contributed by atoms with Gasteiger partial charge in [0.2, 0.25) is 5.91 Å². The number of carboxylic acid groups (broad SMARTS) is 1. The summed E-state index contributed by atoms with van der Waals surface area (Å²) in [6.45, 7) is 3.50. The lowest BCUT2D eigenvalue weighted by Crippen LogP contribution is -2.42. The fourth-order valence-electron chi connectivity index (χ4n) is 2.35. The van der Waals surface area contributed by atoms with E-state index in [4.69, 9.17) is 11.6 Å². The highest BCUT2D eigenvalue weighted by atomic mass is 35.5. The molecule has 1 unspecified atom stereocenters. The Balaban J connectivity index is 2.17. The van der Waals surface area contributed by atoms with Crippen molar-refractivity contribution in [1.29, 1.82) is 0 Å². The van der Waals surface area contributed by atoms with Crippen LogP contribution in [0.2, 0.25) is 5.02 Å². The zero-order chi connectivity index (χ0) is 20.0. The molecule has 0 fully saturated rings. The number of anilines is 1. The molecule has 2 aromatic rings. The number of benzene rings is 2. The number of rotatable bonds is 7. The Morgan fingerprint density at radius 1 is 1.07 bits per heavy atom. The van der Waals surface area contributed by atoms with Gasteiger partial charge in [0.1, 0.15) is 6.04 Å².